The van der Waals surface area contributed by atoms with Crippen molar-refractivity contribution < 1.29 is 10.2 Å². The van der Waals surface area contributed by atoms with Crippen LogP contribution in [0, 0.1) is 0 Å². The van der Waals surface area contributed by atoms with Crippen LogP contribution in [0.5, 0.6) is 0 Å². The molecule has 1 aromatic rings. The van der Waals surface area contributed by atoms with Crippen LogP contribution in [-0.4, -0.2) is 16.3 Å². The Morgan fingerprint density at radius 1 is 1.07 bits per heavy atom. The summed E-state index contributed by atoms with van der Waals surface area (Å²) in [5.74, 6) is 0. The number of aliphatic hydroxyl groups excluding tert-OH is 1. The molecule has 0 aliphatic heterocycles. The highest BCUT2D eigenvalue weighted by atomic mass is 16.3. The van der Waals surface area contributed by atoms with Gasteiger partial charge in [0.05, 0.1) is 11.7 Å². The van der Waals surface area contributed by atoms with Crippen LogP contribution in [0.4, 0.5) is 0 Å². The number of hydrogen-bond donors (Lipinski definition) is 2. The molecule has 1 aliphatic rings. The van der Waals surface area contributed by atoms with Crippen LogP contribution in [0.25, 0.3) is 0 Å². The molecule has 76 valence electrons. The lowest BCUT2D eigenvalue weighted by Crippen LogP contribution is -2.33. The maximum atomic E-state index is 10.3. The summed E-state index contributed by atoms with van der Waals surface area (Å²) >= 11 is 0. The van der Waals surface area contributed by atoms with Gasteiger partial charge in [-0.2, -0.15) is 0 Å². The molecule has 2 N–H and O–H groups in total. The van der Waals surface area contributed by atoms with Crippen molar-refractivity contribution in [1.82, 2.24) is 0 Å². The van der Waals surface area contributed by atoms with Gasteiger partial charge in [-0.05, 0) is 31.2 Å². The molecule has 0 spiro atoms. The van der Waals surface area contributed by atoms with Crippen molar-refractivity contribution in [3.63, 3.8) is 0 Å². The van der Waals surface area contributed by atoms with Crippen molar-refractivity contribution in [3.05, 3.63) is 35.9 Å². The zero-order chi connectivity index (χ0) is 10.0. The molecule has 1 aromatic carbocycles. The van der Waals surface area contributed by atoms with E-state index in [0.29, 0.717) is 25.7 Å². The Bertz CT molecular complexity index is 286. The fourth-order valence-corrected chi connectivity index (χ4v) is 2.12. The molecule has 1 aliphatic carbocycles. The van der Waals surface area contributed by atoms with Crippen molar-refractivity contribution in [1.29, 1.82) is 0 Å². The first-order chi connectivity index (χ1) is 6.71. The minimum atomic E-state index is -0.708. The van der Waals surface area contributed by atoms with Gasteiger partial charge < -0.3 is 10.2 Å². The smallest absolute Gasteiger partial charge is 0.0898 e. The molecule has 2 heteroatoms. The fourth-order valence-electron chi connectivity index (χ4n) is 2.12. The predicted octanol–water partition coefficient (Wildman–Crippen LogP) is 1.81. The number of benzene rings is 1. The molecule has 0 radical (unpaired) electrons. The molecule has 2 nitrogen and oxygen atoms in total. The van der Waals surface area contributed by atoms with Gasteiger partial charge in [0.1, 0.15) is 0 Å². The Morgan fingerprint density at radius 2 is 1.64 bits per heavy atom. The molecule has 0 unspecified atom stereocenters. The molecule has 1 saturated carbocycles. The van der Waals surface area contributed by atoms with Gasteiger partial charge in [-0.15, -0.1) is 0 Å². The monoisotopic (exact) mass is 192 g/mol. The summed E-state index contributed by atoms with van der Waals surface area (Å²) in [5.41, 5.74) is 0.271. The second-order valence-corrected chi connectivity index (χ2v) is 4.13. The lowest BCUT2D eigenvalue weighted by molar-refractivity contribution is -0.0361. The summed E-state index contributed by atoms with van der Waals surface area (Å²) < 4.78 is 0. The van der Waals surface area contributed by atoms with E-state index < -0.39 is 5.60 Å². The second kappa shape index (κ2) is 3.71. The van der Waals surface area contributed by atoms with Crippen molar-refractivity contribution >= 4 is 0 Å². The van der Waals surface area contributed by atoms with E-state index in [-0.39, 0.29) is 6.10 Å². The van der Waals surface area contributed by atoms with Crippen LogP contribution >= 0.6 is 0 Å². The number of hydrogen-bond acceptors (Lipinski definition) is 2. The first-order valence-electron chi connectivity index (χ1n) is 5.17. The summed E-state index contributed by atoms with van der Waals surface area (Å²) in [5, 5.41) is 19.7. The SMILES string of the molecule is OC1CCC(O)(c2ccccc2)CC1. The molecular formula is C12H16O2. The Hall–Kier alpha value is -0.860. The van der Waals surface area contributed by atoms with Gasteiger partial charge in [0.2, 0.25) is 0 Å². The van der Waals surface area contributed by atoms with Gasteiger partial charge >= 0.3 is 0 Å². The van der Waals surface area contributed by atoms with Gasteiger partial charge in [-0.3, -0.25) is 0 Å². The maximum Gasteiger partial charge on any atom is 0.0898 e. The van der Waals surface area contributed by atoms with Crippen LogP contribution in [0.2, 0.25) is 0 Å². The van der Waals surface area contributed by atoms with Crippen molar-refractivity contribution in [2.24, 2.45) is 0 Å². The zero-order valence-corrected chi connectivity index (χ0v) is 8.19. The molecule has 2 rings (SSSR count). The van der Waals surface area contributed by atoms with Gasteiger partial charge in [-0.25, -0.2) is 0 Å². The minimum Gasteiger partial charge on any atom is -0.393 e. The van der Waals surface area contributed by atoms with Gasteiger partial charge in [0.25, 0.3) is 0 Å². The van der Waals surface area contributed by atoms with E-state index in [4.69, 9.17) is 0 Å². The molecule has 1 fully saturated rings. The first-order valence-corrected chi connectivity index (χ1v) is 5.17. The molecule has 0 aromatic heterocycles. The van der Waals surface area contributed by atoms with E-state index in [2.05, 4.69) is 0 Å². The molecule has 0 heterocycles. The van der Waals surface area contributed by atoms with Crippen LogP contribution in [0.1, 0.15) is 31.2 Å². The third-order valence-electron chi connectivity index (χ3n) is 3.09. The predicted molar refractivity (Wildman–Crippen MR) is 54.8 cm³/mol. The molecule has 0 atom stereocenters. The van der Waals surface area contributed by atoms with Crippen molar-refractivity contribution in [3.8, 4) is 0 Å². The summed E-state index contributed by atoms with van der Waals surface area (Å²) in [6, 6.07) is 9.75. The number of rotatable bonds is 1. The van der Waals surface area contributed by atoms with E-state index in [9.17, 15) is 10.2 Å². The Balaban J connectivity index is 2.17. The quantitative estimate of drug-likeness (QED) is 0.712. The second-order valence-electron chi connectivity index (χ2n) is 4.13. The van der Waals surface area contributed by atoms with Crippen LogP contribution < -0.4 is 0 Å². The van der Waals surface area contributed by atoms with Crippen molar-refractivity contribution in [2.45, 2.75) is 37.4 Å². The van der Waals surface area contributed by atoms with Crippen molar-refractivity contribution in [2.75, 3.05) is 0 Å². The molecule has 0 bridgehead atoms. The normalized spacial score (nSPS) is 32.9. The number of aliphatic hydroxyl groups is 2. The van der Waals surface area contributed by atoms with Crippen LogP contribution in [0.15, 0.2) is 30.3 Å². The average molecular weight is 192 g/mol. The largest absolute Gasteiger partial charge is 0.393 e. The third kappa shape index (κ3) is 1.81. The van der Waals surface area contributed by atoms with E-state index in [1.165, 1.54) is 0 Å². The molecule has 0 saturated heterocycles. The fraction of sp³-hybridized carbons (Fsp3) is 0.500. The highest BCUT2D eigenvalue weighted by molar-refractivity contribution is 5.22. The van der Waals surface area contributed by atoms with E-state index in [0.717, 1.165) is 5.56 Å². The minimum absolute atomic E-state index is 0.223. The Kier molecular flexibility index (Phi) is 2.57. The van der Waals surface area contributed by atoms with Gasteiger partial charge in [0.15, 0.2) is 0 Å². The van der Waals surface area contributed by atoms with E-state index in [1.807, 2.05) is 30.3 Å². The van der Waals surface area contributed by atoms with Crippen LogP contribution in [0.3, 0.4) is 0 Å². The molecule has 0 amide bonds. The van der Waals surface area contributed by atoms with E-state index >= 15 is 0 Å². The average Bonchev–Trinajstić information content (AvgIpc) is 2.24. The van der Waals surface area contributed by atoms with Crippen LogP contribution in [-0.2, 0) is 5.60 Å². The van der Waals surface area contributed by atoms with Gasteiger partial charge in [0, 0.05) is 0 Å². The molecule has 14 heavy (non-hydrogen) atoms. The topological polar surface area (TPSA) is 40.5 Å². The summed E-state index contributed by atoms with van der Waals surface area (Å²) in [6.45, 7) is 0. The Labute approximate surface area is 84.2 Å². The summed E-state index contributed by atoms with van der Waals surface area (Å²) in [6.07, 6.45) is 2.51. The molecular weight excluding hydrogens is 176 g/mol. The first kappa shape index (κ1) is 9.69. The van der Waals surface area contributed by atoms with Gasteiger partial charge in [-0.1, -0.05) is 30.3 Å². The highest BCUT2D eigenvalue weighted by Crippen LogP contribution is 2.36. The highest BCUT2D eigenvalue weighted by Gasteiger charge is 2.33. The zero-order valence-electron chi connectivity index (χ0n) is 8.19. The standard InChI is InChI=1S/C12H16O2/c13-11-6-8-12(14,9-7-11)10-4-2-1-3-5-10/h1-5,11,13-14H,6-9H2. The Morgan fingerprint density at radius 3 is 2.21 bits per heavy atom. The maximum absolute atomic E-state index is 10.3. The third-order valence-corrected chi connectivity index (χ3v) is 3.09. The van der Waals surface area contributed by atoms with E-state index in [1.54, 1.807) is 0 Å². The summed E-state index contributed by atoms with van der Waals surface area (Å²) in [4.78, 5) is 0. The lowest BCUT2D eigenvalue weighted by atomic mass is 9.79. The summed E-state index contributed by atoms with van der Waals surface area (Å²) in [7, 11) is 0. The lowest BCUT2D eigenvalue weighted by Gasteiger charge is -2.34.